The SMILES string of the molecule is CCCc1nc2ccccc2n1CC(=O)Nc1ccc2c(c1)OCCO2. The van der Waals surface area contributed by atoms with Crippen molar-refractivity contribution >= 4 is 22.6 Å². The molecule has 0 fully saturated rings. The summed E-state index contributed by atoms with van der Waals surface area (Å²) >= 11 is 0. The van der Waals surface area contributed by atoms with Crippen molar-refractivity contribution < 1.29 is 14.3 Å². The van der Waals surface area contributed by atoms with Crippen molar-refractivity contribution in [3.63, 3.8) is 0 Å². The standard InChI is InChI=1S/C20H21N3O3/c1-2-5-19-22-15-6-3-4-7-16(15)23(19)13-20(24)21-14-8-9-17-18(12-14)26-11-10-25-17/h3-4,6-9,12H,2,5,10-11,13H2,1H3,(H,21,24). The van der Waals surface area contributed by atoms with Crippen LogP contribution >= 0.6 is 0 Å². The lowest BCUT2D eigenvalue weighted by Crippen LogP contribution is -2.20. The number of anilines is 1. The van der Waals surface area contributed by atoms with Gasteiger partial charge in [-0.3, -0.25) is 4.79 Å². The van der Waals surface area contributed by atoms with Gasteiger partial charge in [-0.15, -0.1) is 0 Å². The number of benzene rings is 2. The molecule has 1 aromatic heterocycles. The van der Waals surface area contributed by atoms with Gasteiger partial charge in [0.15, 0.2) is 11.5 Å². The van der Waals surface area contributed by atoms with Gasteiger partial charge in [-0.05, 0) is 30.7 Å². The van der Waals surface area contributed by atoms with Gasteiger partial charge in [0.2, 0.25) is 5.91 Å². The van der Waals surface area contributed by atoms with Gasteiger partial charge in [-0.1, -0.05) is 19.1 Å². The third-order valence-electron chi connectivity index (χ3n) is 4.33. The topological polar surface area (TPSA) is 65.4 Å². The van der Waals surface area contributed by atoms with E-state index in [1.807, 2.05) is 41.0 Å². The average Bonchev–Trinajstić information content (AvgIpc) is 2.99. The molecule has 1 amide bonds. The lowest BCUT2D eigenvalue weighted by atomic mass is 10.2. The van der Waals surface area contributed by atoms with Gasteiger partial charge >= 0.3 is 0 Å². The maximum atomic E-state index is 12.6. The van der Waals surface area contributed by atoms with E-state index < -0.39 is 0 Å². The van der Waals surface area contributed by atoms with Gasteiger partial charge in [0.1, 0.15) is 25.6 Å². The molecule has 3 aromatic rings. The number of amides is 1. The molecule has 2 aromatic carbocycles. The van der Waals surface area contributed by atoms with E-state index in [2.05, 4.69) is 17.2 Å². The molecule has 0 bridgehead atoms. The number of carbonyl (C=O) groups is 1. The number of imidazole rings is 1. The van der Waals surface area contributed by atoms with Crippen LogP contribution in [0.1, 0.15) is 19.2 Å². The molecule has 0 saturated heterocycles. The smallest absolute Gasteiger partial charge is 0.244 e. The maximum Gasteiger partial charge on any atom is 0.244 e. The summed E-state index contributed by atoms with van der Waals surface area (Å²) in [6.45, 7) is 3.40. The molecule has 0 atom stereocenters. The number of carbonyl (C=O) groups excluding carboxylic acids is 1. The van der Waals surface area contributed by atoms with Gasteiger partial charge in [-0.2, -0.15) is 0 Å². The van der Waals surface area contributed by atoms with Gasteiger partial charge in [-0.25, -0.2) is 4.98 Å². The molecule has 1 N–H and O–H groups in total. The van der Waals surface area contributed by atoms with Gasteiger partial charge in [0, 0.05) is 18.2 Å². The Bertz CT molecular complexity index is 949. The molecule has 1 aliphatic rings. The second kappa shape index (κ2) is 7.07. The van der Waals surface area contributed by atoms with Crippen molar-refractivity contribution in [1.82, 2.24) is 9.55 Å². The first-order chi connectivity index (χ1) is 12.7. The van der Waals surface area contributed by atoms with Crippen molar-refractivity contribution in [1.29, 1.82) is 0 Å². The van der Waals surface area contributed by atoms with Crippen LogP contribution in [0.25, 0.3) is 11.0 Å². The van der Waals surface area contributed by atoms with E-state index >= 15 is 0 Å². The molecular formula is C20H21N3O3. The summed E-state index contributed by atoms with van der Waals surface area (Å²) < 4.78 is 13.1. The Morgan fingerprint density at radius 1 is 1.15 bits per heavy atom. The Morgan fingerprint density at radius 3 is 2.81 bits per heavy atom. The molecule has 0 unspecified atom stereocenters. The number of rotatable bonds is 5. The number of nitrogens with zero attached hydrogens (tertiary/aromatic N) is 2. The highest BCUT2D eigenvalue weighted by molar-refractivity contribution is 5.92. The summed E-state index contributed by atoms with van der Waals surface area (Å²) in [4.78, 5) is 17.3. The number of aryl methyl sites for hydroxylation is 1. The summed E-state index contributed by atoms with van der Waals surface area (Å²) in [5.41, 5.74) is 2.59. The predicted octanol–water partition coefficient (Wildman–Crippen LogP) is 3.40. The molecule has 6 heteroatoms. The molecule has 6 nitrogen and oxygen atoms in total. The van der Waals surface area contributed by atoms with Crippen LogP contribution in [-0.4, -0.2) is 28.7 Å². The quantitative estimate of drug-likeness (QED) is 0.765. The van der Waals surface area contributed by atoms with E-state index in [4.69, 9.17) is 9.47 Å². The highest BCUT2D eigenvalue weighted by Crippen LogP contribution is 2.32. The summed E-state index contributed by atoms with van der Waals surface area (Å²) in [5, 5.41) is 2.94. The minimum absolute atomic E-state index is 0.0952. The van der Waals surface area contributed by atoms with Crippen LogP contribution in [-0.2, 0) is 17.8 Å². The number of aromatic nitrogens is 2. The van der Waals surface area contributed by atoms with Crippen molar-refractivity contribution in [2.75, 3.05) is 18.5 Å². The fraction of sp³-hybridized carbons (Fsp3) is 0.300. The third kappa shape index (κ3) is 3.22. The number of para-hydroxylation sites is 2. The minimum atomic E-state index is -0.0952. The first-order valence-corrected chi connectivity index (χ1v) is 8.88. The zero-order valence-corrected chi connectivity index (χ0v) is 14.7. The van der Waals surface area contributed by atoms with Crippen LogP contribution in [0.4, 0.5) is 5.69 Å². The first kappa shape index (κ1) is 16.4. The molecule has 4 rings (SSSR count). The number of hydrogen-bond acceptors (Lipinski definition) is 4. The summed E-state index contributed by atoms with van der Waals surface area (Å²) in [6, 6.07) is 13.3. The number of hydrogen-bond donors (Lipinski definition) is 1. The van der Waals surface area contributed by atoms with E-state index in [1.165, 1.54) is 0 Å². The van der Waals surface area contributed by atoms with E-state index in [0.29, 0.717) is 30.4 Å². The van der Waals surface area contributed by atoms with Crippen LogP contribution in [0.3, 0.4) is 0 Å². The molecule has 2 heterocycles. The van der Waals surface area contributed by atoms with E-state index in [9.17, 15) is 4.79 Å². The van der Waals surface area contributed by atoms with Crippen LogP contribution in [0.5, 0.6) is 11.5 Å². The molecule has 0 radical (unpaired) electrons. The highest BCUT2D eigenvalue weighted by Gasteiger charge is 2.15. The van der Waals surface area contributed by atoms with Crippen molar-refractivity contribution in [3.05, 3.63) is 48.3 Å². The van der Waals surface area contributed by atoms with Crippen LogP contribution in [0.15, 0.2) is 42.5 Å². The third-order valence-corrected chi connectivity index (χ3v) is 4.33. The second-order valence-electron chi connectivity index (χ2n) is 6.26. The summed E-state index contributed by atoms with van der Waals surface area (Å²) in [7, 11) is 0. The first-order valence-electron chi connectivity index (χ1n) is 8.88. The Kier molecular flexibility index (Phi) is 4.48. The monoisotopic (exact) mass is 351 g/mol. The molecular weight excluding hydrogens is 330 g/mol. The molecule has 26 heavy (non-hydrogen) atoms. The molecule has 0 aliphatic carbocycles. The lowest BCUT2D eigenvalue weighted by Gasteiger charge is -2.19. The number of fused-ring (bicyclic) bond motifs is 2. The van der Waals surface area contributed by atoms with Gasteiger partial charge in [0.25, 0.3) is 0 Å². The average molecular weight is 351 g/mol. The summed E-state index contributed by atoms with van der Waals surface area (Å²) in [5.74, 6) is 2.21. The van der Waals surface area contributed by atoms with Crippen LogP contribution in [0, 0.1) is 0 Å². The Morgan fingerprint density at radius 2 is 1.96 bits per heavy atom. The highest BCUT2D eigenvalue weighted by atomic mass is 16.6. The van der Waals surface area contributed by atoms with Gasteiger partial charge in [0.05, 0.1) is 11.0 Å². The van der Waals surface area contributed by atoms with Gasteiger partial charge < -0.3 is 19.4 Å². The lowest BCUT2D eigenvalue weighted by molar-refractivity contribution is -0.116. The van der Waals surface area contributed by atoms with Crippen LogP contribution in [0.2, 0.25) is 0 Å². The van der Waals surface area contributed by atoms with E-state index in [1.54, 1.807) is 6.07 Å². The molecule has 0 spiro atoms. The second-order valence-corrected chi connectivity index (χ2v) is 6.26. The van der Waals surface area contributed by atoms with E-state index in [-0.39, 0.29) is 12.5 Å². The van der Waals surface area contributed by atoms with Crippen molar-refractivity contribution in [2.45, 2.75) is 26.3 Å². The normalized spacial score (nSPS) is 13.0. The maximum absolute atomic E-state index is 12.6. The zero-order chi connectivity index (χ0) is 17.9. The Labute approximate surface area is 151 Å². The fourth-order valence-corrected chi connectivity index (χ4v) is 3.18. The molecule has 134 valence electrons. The zero-order valence-electron chi connectivity index (χ0n) is 14.7. The Balaban J connectivity index is 1.55. The summed E-state index contributed by atoms with van der Waals surface area (Å²) in [6.07, 6.45) is 1.82. The largest absolute Gasteiger partial charge is 0.486 e. The Hall–Kier alpha value is -3.02. The number of nitrogens with one attached hydrogen (secondary N) is 1. The fourth-order valence-electron chi connectivity index (χ4n) is 3.18. The molecule has 0 saturated carbocycles. The van der Waals surface area contributed by atoms with E-state index in [0.717, 1.165) is 29.7 Å². The number of ether oxygens (including phenoxy) is 2. The van der Waals surface area contributed by atoms with Crippen LogP contribution < -0.4 is 14.8 Å². The molecule has 1 aliphatic heterocycles. The minimum Gasteiger partial charge on any atom is -0.486 e. The van der Waals surface area contributed by atoms with Crippen molar-refractivity contribution in [2.24, 2.45) is 0 Å². The van der Waals surface area contributed by atoms with Crippen molar-refractivity contribution in [3.8, 4) is 11.5 Å². The predicted molar refractivity (Wildman–Crippen MR) is 99.8 cm³/mol.